The first kappa shape index (κ1) is 18.6. The van der Waals surface area contributed by atoms with Crippen LogP contribution in [0.5, 0.6) is 0 Å². The molecule has 27 heavy (non-hydrogen) atoms. The van der Waals surface area contributed by atoms with Crippen LogP contribution in [0.4, 0.5) is 0 Å². The van der Waals surface area contributed by atoms with Crippen LogP contribution in [0.2, 0.25) is 0 Å². The highest BCUT2D eigenvalue weighted by molar-refractivity contribution is 5.87. The van der Waals surface area contributed by atoms with Crippen LogP contribution in [0.15, 0.2) is 42.2 Å². The summed E-state index contributed by atoms with van der Waals surface area (Å²) in [7, 11) is 3.67. The topological polar surface area (TPSA) is 88.3 Å². The van der Waals surface area contributed by atoms with Crippen molar-refractivity contribution in [1.29, 1.82) is 0 Å². The van der Waals surface area contributed by atoms with Gasteiger partial charge in [-0.2, -0.15) is 10.2 Å². The number of nitrogens with one attached hydrogen (secondary N) is 1. The number of rotatable bonds is 3. The van der Waals surface area contributed by atoms with Crippen LogP contribution in [0.3, 0.4) is 0 Å². The van der Waals surface area contributed by atoms with E-state index in [0.29, 0.717) is 17.3 Å². The van der Waals surface area contributed by atoms with Crippen LogP contribution in [-0.2, 0) is 11.8 Å². The van der Waals surface area contributed by atoms with E-state index in [9.17, 15) is 9.59 Å². The van der Waals surface area contributed by atoms with Gasteiger partial charge in [0.1, 0.15) is 5.52 Å². The number of aromatic nitrogens is 5. The highest BCUT2D eigenvalue weighted by Crippen LogP contribution is 2.23. The molecule has 8 nitrogen and oxygen atoms in total. The number of nitrogens with zero attached hydrogens (tertiary/aromatic N) is 5. The van der Waals surface area contributed by atoms with Crippen molar-refractivity contribution < 1.29 is 4.79 Å². The van der Waals surface area contributed by atoms with Crippen LogP contribution < -0.4 is 5.56 Å². The quantitative estimate of drug-likeness (QED) is 0.716. The number of carbonyl (C=O) groups excluding carboxylic acids is 1. The number of hydrogen-bond donors (Lipinski definition) is 1. The van der Waals surface area contributed by atoms with Crippen LogP contribution in [-0.4, -0.2) is 48.3 Å². The van der Waals surface area contributed by atoms with E-state index in [1.807, 2.05) is 27.2 Å². The number of fused-ring (bicyclic) bond motifs is 1. The second kappa shape index (κ2) is 7.61. The van der Waals surface area contributed by atoms with Gasteiger partial charge in [-0.05, 0) is 32.3 Å². The third-order valence-electron chi connectivity index (χ3n) is 4.85. The molecule has 0 spiro atoms. The molecule has 3 aromatic rings. The lowest BCUT2D eigenvalue weighted by Crippen LogP contribution is -2.40. The molecule has 1 amide bonds. The van der Waals surface area contributed by atoms with Gasteiger partial charge < -0.3 is 9.88 Å². The van der Waals surface area contributed by atoms with E-state index in [0.717, 1.165) is 24.0 Å². The Morgan fingerprint density at radius 2 is 2.07 bits per heavy atom. The van der Waals surface area contributed by atoms with Crippen molar-refractivity contribution >= 4 is 11.4 Å². The number of aromatic amines is 1. The molecular formula is C19H24N6O2. The Labute approximate surface area is 157 Å². The van der Waals surface area contributed by atoms with E-state index >= 15 is 0 Å². The lowest BCUT2D eigenvalue weighted by Gasteiger charge is -2.33. The maximum absolute atomic E-state index is 11.9. The van der Waals surface area contributed by atoms with Gasteiger partial charge in [0.2, 0.25) is 5.91 Å². The lowest BCUT2D eigenvalue weighted by molar-refractivity contribution is -0.128. The molecule has 8 heteroatoms. The molecule has 3 heterocycles. The molecule has 0 bridgehead atoms. The maximum atomic E-state index is 11.9. The summed E-state index contributed by atoms with van der Waals surface area (Å²) in [5, 5.41) is 8.21. The third kappa shape index (κ3) is 3.84. The summed E-state index contributed by atoms with van der Waals surface area (Å²) in [4.78, 5) is 27.5. The monoisotopic (exact) mass is 368 g/mol. The Bertz CT molecular complexity index is 1020. The van der Waals surface area contributed by atoms with Crippen LogP contribution in [0, 0.1) is 6.92 Å². The van der Waals surface area contributed by atoms with Crippen LogP contribution >= 0.6 is 0 Å². The molecule has 0 radical (unpaired) electrons. The zero-order valence-corrected chi connectivity index (χ0v) is 15.8. The summed E-state index contributed by atoms with van der Waals surface area (Å²) < 4.78 is 3.28. The summed E-state index contributed by atoms with van der Waals surface area (Å²) in [5.41, 5.74) is 2.88. The molecule has 0 atom stereocenters. The molecule has 0 aromatic carbocycles. The predicted octanol–water partition coefficient (Wildman–Crippen LogP) is 1.91. The molecule has 4 rings (SSSR count). The van der Waals surface area contributed by atoms with Crippen LogP contribution in [0.25, 0.3) is 16.8 Å². The van der Waals surface area contributed by atoms with Gasteiger partial charge in [0.25, 0.3) is 5.56 Å². The second-order valence-electron chi connectivity index (χ2n) is 6.76. The predicted molar refractivity (Wildman–Crippen MR) is 103 cm³/mol. The Morgan fingerprint density at radius 1 is 1.33 bits per heavy atom. The molecule has 1 aliphatic carbocycles. The Hall–Kier alpha value is -3.16. The average molecular weight is 368 g/mol. The van der Waals surface area contributed by atoms with Crippen molar-refractivity contribution in [2.24, 2.45) is 7.05 Å². The van der Waals surface area contributed by atoms with Crippen molar-refractivity contribution in [1.82, 2.24) is 29.3 Å². The van der Waals surface area contributed by atoms with Crippen molar-refractivity contribution in [3.05, 3.63) is 53.4 Å². The van der Waals surface area contributed by atoms with Gasteiger partial charge >= 0.3 is 0 Å². The van der Waals surface area contributed by atoms with Gasteiger partial charge in [-0.3, -0.25) is 14.3 Å². The maximum Gasteiger partial charge on any atom is 0.274 e. The minimum Gasteiger partial charge on any atom is -0.339 e. The molecule has 1 N–H and O–H groups in total. The van der Waals surface area contributed by atoms with Gasteiger partial charge in [0, 0.05) is 37.5 Å². The van der Waals surface area contributed by atoms with E-state index in [2.05, 4.69) is 21.8 Å². The number of amides is 1. The smallest absolute Gasteiger partial charge is 0.274 e. The Morgan fingerprint density at radius 3 is 2.63 bits per heavy atom. The van der Waals surface area contributed by atoms with Crippen molar-refractivity contribution in [2.75, 3.05) is 7.05 Å². The van der Waals surface area contributed by atoms with Gasteiger partial charge in [0.05, 0.1) is 24.3 Å². The van der Waals surface area contributed by atoms with Crippen molar-refractivity contribution in [2.45, 2.75) is 32.2 Å². The SMILES string of the molecule is C=CC(=O)N(C)C1CCC1.Cc1cnn2cc(-c3cnn(C)c3)[nH]c(=O)c12. The highest BCUT2D eigenvalue weighted by atomic mass is 16.2. The summed E-state index contributed by atoms with van der Waals surface area (Å²) in [6.45, 7) is 5.29. The van der Waals surface area contributed by atoms with Gasteiger partial charge in [-0.1, -0.05) is 6.58 Å². The standard InChI is InChI=1S/C11H11N5O.C8H13NO/c1-7-3-13-16-6-9(14-11(17)10(7)16)8-4-12-15(2)5-8;1-3-8(10)9(2)7-5-4-6-7/h3-6H,1-2H3,(H,14,17);3,7H,1,4-6H2,2H3. The second-order valence-corrected chi connectivity index (χ2v) is 6.76. The molecule has 1 saturated carbocycles. The van der Waals surface area contributed by atoms with E-state index < -0.39 is 0 Å². The molecule has 142 valence electrons. The zero-order chi connectivity index (χ0) is 19.6. The largest absolute Gasteiger partial charge is 0.339 e. The summed E-state index contributed by atoms with van der Waals surface area (Å²) in [6, 6.07) is 0.491. The first-order valence-corrected chi connectivity index (χ1v) is 8.86. The number of hydrogen-bond acceptors (Lipinski definition) is 4. The fraction of sp³-hybridized carbons (Fsp3) is 0.368. The third-order valence-corrected chi connectivity index (χ3v) is 4.85. The van der Waals surface area contributed by atoms with Crippen molar-refractivity contribution in [3.8, 4) is 11.3 Å². The van der Waals surface area contributed by atoms with E-state index in [4.69, 9.17) is 0 Å². The summed E-state index contributed by atoms with van der Waals surface area (Å²) in [6.07, 6.45) is 12.0. The minimum absolute atomic E-state index is 0.0460. The molecule has 0 saturated heterocycles. The molecule has 1 fully saturated rings. The molecule has 0 aliphatic heterocycles. The van der Waals surface area contributed by atoms with E-state index in [-0.39, 0.29) is 11.5 Å². The van der Waals surface area contributed by atoms with Crippen LogP contribution in [0.1, 0.15) is 24.8 Å². The summed E-state index contributed by atoms with van der Waals surface area (Å²) in [5.74, 6) is 0.0460. The Balaban J connectivity index is 0.000000180. The normalized spacial score (nSPS) is 13.6. The summed E-state index contributed by atoms with van der Waals surface area (Å²) >= 11 is 0. The number of H-pyrrole nitrogens is 1. The van der Waals surface area contributed by atoms with Gasteiger partial charge in [0.15, 0.2) is 0 Å². The highest BCUT2D eigenvalue weighted by Gasteiger charge is 2.23. The Kier molecular flexibility index (Phi) is 5.25. The number of likely N-dealkylation sites (N-methyl/N-ethyl adjacent to an activating group) is 1. The zero-order valence-electron chi connectivity index (χ0n) is 15.8. The van der Waals surface area contributed by atoms with Crippen molar-refractivity contribution in [3.63, 3.8) is 0 Å². The minimum atomic E-state index is -0.138. The lowest BCUT2D eigenvalue weighted by atomic mass is 9.92. The fourth-order valence-electron chi connectivity index (χ4n) is 2.97. The molecule has 0 unspecified atom stereocenters. The number of aryl methyl sites for hydroxylation is 2. The number of carbonyl (C=O) groups is 1. The first-order valence-electron chi connectivity index (χ1n) is 8.86. The molecule has 3 aromatic heterocycles. The van der Waals surface area contributed by atoms with E-state index in [1.165, 1.54) is 12.5 Å². The first-order chi connectivity index (χ1) is 12.9. The van der Waals surface area contributed by atoms with E-state index in [1.54, 1.807) is 32.7 Å². The molecular weight excluding hydrogens is 344 g/mol. The fourth-order valence-corrected chi connectivity index (χ4v) is 2.97. The van der Waals surface area contributed by atoms with Gasteiger partial charge in [-0.15, -0.1) is 0 Å². The molecule has 1 aliphatic rings. The average Bonchev–Trinajstić information content (AvgIpc) is 3.19. The van der Waals surface area contributed by atoms with Gasteiger partial charge in [-0.25, -0.2) is 4.52 Å².